The van der Waals surface area contributed by atoms with Gasteiger partial charge in [0, 0.05) is 0 Å². The largest absolute Gasteiger partial charge is 0.439 e. The fourth-order valence-corrected chi connectivity index (χ4v) is 2.27. The molecule has 1 fully saturated rings. The van der Waals surface area contributed by atoms with Crippen LogP contribution in [0.4, 0.5) is 4.79 Å². The highest BCUT2D eigenvalue weighted by Crippen LogP contribution is 2.25. The lowest BCUT2D eigenvalue weighted by Crippen LogP contribution is -2.30. The molecule has 4 nitrogen and oxygen atoms in total. The van der Waals surface area contributed by atoms with Gasteiger partial charge in [-0.1, -0.05) is 56.2 Å². The standard InChI is InChI=1S/C17H21NO3/c1-2-3-4-5-9-12-16(19)18-13-15(21-17(18)20)14-10-7-6-8-11-14/h6-12,15H,2-5,13H2,1H3/b12-9+/t15-/m1/s1. The van der Waals surface area contributed by atoms with Gasteiger partial charge >= 0.3 is 6.09 Å². The molecular formula is C17H21NO3. The molecule has 1 aliphatic heterocycles. The maximum atomic E-state index is 12.0. The number of amides is 2. The van der Waals surface area contributed by atoms with Crippen LogP contribution >= 0.6 is 0 Å². The van der Waals surface area contributed by atoms with E-state index in [1.807, 2.05) is 36.4 Å². The highest BCUT2D eigenvalue weighted by atomic mass is 16.6. The molecule has 0 N–H and O–H groups in total. The lowest BCUT2D eigenvalue weighted by atomic mass is 10.1. The van der Waals surface area contributed by atoms with Crippen LogP contribution in [0.3, 0.4) is 0 Å². The van der Waals surface area contributed by atoms with Crippen molar-refractivity contribution in [2.75, 3.05) is 6.54 Å². The van der Waals surface area contributed by atoms with E-state index in [0.29, 0.717) is 0 Å². The van der Waals surface area contributed by atoms with Crippen LogP contribution in [0.2, 0.25) is 0 Å². The van der Waals surface area contributed by atoms with Crippen molar-refractivity contribution in [3.05, 3.63) is 48.0 Å². The van der Waals surface area contributed by atoms with Gasteiger partial charge in [0.15, 0.2) is 0 Å². The van der Waals surface area contributed by atoms with E-state index in [1.54, 1.807) is 0 Å². The average Bonchev–Trinajstić information content (AvgIpc) is 2.90. The fourth-order valence-electron chi connectivity index (χ4n) is 2.27. The number of cyclic esters (lactones) is 1. The number of unbranched alkanes of at least 4 members (excludes halogenated alkanes) is 3. The van der Waals surface area contributed by atoms with Crippen LogP contribution in [0.25, 0.3) is 0 Å². The van der Waals surface area contributed by atoms with Crippen LogP contribution < -0.4 is 0 Å². The maximum Gasteiger partial charge on any atom is 0.417 e. The summed E-state index contributed by atoms with van der Waals surface area (Å²) in [6, 6.07) is 9.48. The zero-order chi connectivity index (χ0) is 15.1. The predicted octanol–water partition coefficient (Wildman–Crippen LogP) is 3.84. The summed E-state index contributed by atoms with van der Waals surface area (Å²) in [6.07, 6.45) is 6.62. The van der Waals surface area contributed by atoms with Gasteiger partial charge in [-0.05, 0) is 24.5 Å². The van der Waals surface area contributed by atoms with Gasteiger partial charge in [-0.3, -0.25) is 4.79 Å². The molecular weight excluding hydrogens is 266 g/mol. The van der Waals surface area contributed by atoms with E-state index in [-0.39, 0.29) is 18.6 Å². The molecule has 1 saturated heterocycles. The van der Waals surface area contributed by atoms with Gasteiger partial charge in [-0.15, -0.1) is 0 Å². The lowest BCUT2D eigenvalue weighted by Gasteiger charge is -2.08. The Balaban J connectivity index is 1.89. The number of benzene rings is 1. The van der Waals surface area contributed by atoms with Gasteiger partial charge in [-0.2, -0.15) is 0 Å². The second-order valence-electron chi connectivity index (χ2n) is 5.13. The van der Waals surface area contributed by atoms with Gasteiger partial charge in [0.05, 0.1) is 6.54 Å². The van der Waals surface area contributed by atoms with Gasteiger partial charge in [0.25, 0.3) is 5.91 Å². The summed E-state index contributed by atoms with van der Waals surface area (Å²) in [5.41, 5.74) is 0.910. The smallest absolute Gasteiger partial charge is 0.417 e. The number of ether oxygens (including phenoxy) is 1. The molecule has 0 aliphatic carbocycles. The Hall–Kier alpha value is -2.10. The van der Waals surface area contributed by atoms with Crippen molar-refractivity contribution >= 4 is 12.0 Å². The van der Waals surface area contributed by atoms with Crippen molar-refractivity contribution in [2.24, 2.45) is 0 Å². The number of imide groups is 1. The van der Waals surface area contributed by atoms with Gasteiger partial charge < -0.3 is 4.74 Å². The molecule has 1 aromatic carbocycles. The molecule has 0 bridgehead atoms. The molecule has 0 aromatic heterocycles. The Labute approximate surface area is 125 Å². The third-order valence-corrected chi connectivity index (χ3v) is 3.48. The Kier molecular flexibility index (Phi) is 5.55. The molecule has 1 aliphatic rings. The van der Waals surface area contributed by atoms with Crippen LogP contribution in [0, 0.1) is 0 Å². The van der Waals surface area contributed by atoms with Crippen LogP contribution in [-0.2, 0) is 9.53 Å². The molecule has 21 heavy (non-hydrogen) atoms. The molecule has 1 aromatic rings. The minimum absolute atomic E-state index is 0.279. The first-order chi connectivity index (χ1) is 10.2. The summed E-state index contributed by atoms with van der Waals surface area (Å²) in [5.74, 6) is -0.296. The third kappa shape index (κ3) is 4.18. The van der Waals surface area contributed by atoms with Crippen molar-refractivity contribution in [1.29, 1.82) is 0 Å². The number of carbonyl (C=O) groups excluding carboxylic acids is 2. The Bertz CT molecular complexity index is 510. The number of allylic oxidation sites excluding steroid dienone is 1. The molecule has 0 spiro atoms. The van der Waals surface area contributed by atoms with Crippen molar-refractivity contribution in [2.45, 2.75) is 38.7 Å². The lowest BCUT2D eigenvalue weighted by molar-refractivity contribution is -0.122. The second-order valence-corrected chi connectivity index (χ2v) is 5.13. The first kappa shape index (κ1) is 15.3. The Morgan fingerprint density at radius 3 is 2.81 bits per heavy atom. The summed E-state index contributed by atoms with van der Waals surface area (Å²) >= 11 is 0. The van der Waals surface area contributed by atoms with Crippen molar-refractivity contribution in [3.63, 3.8) is 0 Å². The molecule has 0 saturated carbocycles. The van der Waals surface area contributed by atoms with E-state index in [1.165, 1.54) is 6.08 Å². The van der Waals surface area contributed by atoms with Crippen molar-refractivity contribution < 1.29 is 14.3 Å². The maximum absolute atomic E-state index is 12.0. The summed E-state index contributed by atoms with van der Waals surface area (Å²) in [6.45, 7) is 2.42. The average molecular weight is 287 g/mol. The molecule has 1 heterocycles. The monoisotopic (exact) mass is 287 g/mol. The first-order valence-corrected chi connectivity index (χ1v) is 7.46. The summed E-state index contributed by atoms with van der Waals surface area (Å²) in [4.78, 5) is 24.9. The predicted molar refractivity (Wildman–Crippen MR) is 80.7 cm³/mol. The van der Waals surface area contributed by atoms with E-state index in [2.05, 4.69) is 6.92 Å². The van der Waals surface area contributed by atoms with E-state index >= 15 is 0 Å². The number of nitrogens with zero attached hydrogens (tertiary/aromatic N) is 1. The van der Waals surface area contributed by atoms with Gasteiger partial charge in [0.2, 0.25) is 0 Å². The van der Waals surface area contributed by atoms with Crippen LogP contribution in [-0.4, -0.2) is 23.4 Å². The number of hydrogen-bond donors (Lipinski definition) is 0. The molecule has 0 radical (unpaired) electrons. The number of hydrogen-bond acceptors (Lipinski definition) is 3. The van der Waals surface area contributed by atoms with Gasteiger partial charge in [-0.25, -0.2) is 9.69 Å². The van der Waals surface area contributed by atoms with Gasteiger partial charge in [0.1, 0.15) is 6.10 Å². The van der Waals surface area contributed by atoms with E-state index in [9.17, 15) is 9.59 Å². The Morgan fingerprint density at radius 2 is 2.10 bits per heavy atom. The summed E-state index contributed by atoms with van der Waals surface area (Å²) in [7, 11) is 0. The molecule has 0 unspecified atom stereocenters. The SMILES string of the molecule is CCCCC/C=C/C(=O)N1C[C@H](c2ccccc2)OC1=O. The third-order valence-electron chi connectivity index (χ3n) is 3.48. The topological polar surface area (TPSA) is 46.6 Å². The van der Waals surface area contributed by atoms with E-state index in [4.69, 9.17) is 4.74 Å². The van der Waals surface area contributed by atoms with Crippen molar-refractivity contribution in [1.82, 2.24) is 4.90 Å². The quantitative estimate of drug-likeness (QED) is 0.590. The molecule has 1 atom stereocenters. The van der Waals surface area contributed by atoms with E-state index < -0.39 is 6.09 Å². The minimum atomic E-state index is -0.563. The van der Waals surface area contributed by atoms with Crippen LogP contribution in [0.5, 0.6) is 0 Å². The molecule has 2 amide bonds. The first-order valence-electron chi connectivity index (χ1n) is 7.46. The summed E-state index contributed by atoms with van der Waals surface area (Å²) in [5, 5.41) is 0. The molecule has 4 heteroatoms. The van der Waals surface area contributed by atoms with Crippen LogP contribution in [0.1, 0.15) is 44.3 Å². The molecule has 2 rings (SSSR count). The summed E-state index contributed by atoms with van der Waals surface area (Å²) < 4.78 is 5.26. The minimum Gasteiger partial charge on any atom is -0.439 e. The van der Waals surface area contributed by atoms with Crippen LogP contribution in [0.15, 0.2) is 42.5 Å². The fraction of sp³-hybridized carbons (Fsp3) is 0.412. The number of rotatable bonds is 6. The zero-order valence-corrected chi connectivity index (χ0v) is 12.3. The highest BCUT2D eigenvalue weighted by molar-refractivity contribution is 5.99. The van der Waals surface area contributed by atoms with E-state index in [0.717, 1.165) is 36.1 Å². The zero-order valence-electron chi connectivity index (χ0n) is 12.3. The van der Waals surface area contributed by atoms with Crippen molar-refractivity contribution in [3.8, 4) is 0 Å². The molecule has 112 valence electrons. The highest BCUT2D eigenvalue weighted by Gasteiger charge is 2.35. The second kappa shape index (κ2) is 7.62. The Morgan fingerprint density at radius 1 is 1.33 bits per heavy atom. The normalized spacial score (nSPS) is 18.2. The number of carbonyl (C=O) groups is 2.